The van der Waals surface area contributed by atoms with Gasteiger partial charge in [-0.05, 0) is 31.2 Å². The lowest BCUT2D eigenvalue weighted by Gasteiger charge is -2.12. The minimum atomic E-state index is -0.455. The molecule has 0 aliphatic rings. The molecule has 0 bridgehead atoms. The number of nitro groups is 2. The highest BCUT2D eigenvalue weighted by atomic mass is 16.6. The molecule has 8 heteroatoms. The number of non-ortho nitro benzene ring substituents is 2. The van der Waals surface area contributed by atoms with Crippen LogP contribution in [0.5, 0.6) is 0 Å². The maximum Gasteiger partial charge on any atom is 0.269 e. The van der Waals surface area contributed by atoms with Crippen molar-refractivity contribution in [2.75, 3.05) is 5.32 Å². The fourth-order valence-corrected chi connectivity index (χ4v) is 2.00. The van der Waals surface area contributed by atoms with E-state index in [1.54, 1.807) is 30.5 Å². The predicted molar refractivity (Wildman–Crippen MR) is 92.0 cm³/mol. The fraction of sp³-hybridized carbons (Fsp3) is 0.188. The van der Waals surface area contributed by atoms with E-state index in [0.29, 0.717) is 12.1 Å². The molecule has 0 aliphatic carbocycles. The summed E-state index contributed by atoms with van der Waals surface area (Å²) >= 11 is 0. The highest BCUT2D eigenvalue weighted by Crippen LogP contribution is 2.18. The molecule has 0 radical (unpaired) electrons. The molecule has 0 saturated heterocycles. The highest BCUT2D eigenvalue weighted by Gasteiger charge is 2.06. The van der Waals surface area contributed by atoms with E-state index in [1.807, 2.05) is 6.92 Å². The monoisotopic (exact) mass is 328 g/mol. The van der Waals surface area contributed by atoms with E-state index < -0.39 is 9.85 Å². The van der Waals surface area contributed by atoms with Gasteiger partial charge in [0.2, 0.25) is 0 Å². The molecule has 2 aromatic carbocycles. The van der Waals surface area contributed by atoms with Crippen LogP contribution < -0.4 is 5.32 Å². The predicted octanol–water partition coefficient (Wildman–Crippen LogP) is 4.10. The number of benzene rings is 2. The molecule has 0 saturated carbocycles. The molecule has 124 valence electrons. The summed E-state index contributed by atoms with van der Waals surface area (Å²) in [5.41, 5.74) is 1.51. The van der Waals surface area contributed by atoms with Crippen LogP contribution in [0.4, 0.5) is 22.7 Å². The highest BCUT2D eigenvalue weighted by molar-refractivity contribution is 5.65. The standard InChI is InChI=1S/C16H16N4O4/c1-12(18-14-4-8-16(9-5-14)20(23)24)10-11-17-13-2-6-15(7-3-13)19(21)22/h2-9,11-12,18H,10H2,1H3. The molecule has 0 amide bonds. The Labute approximate surface area is 138 Å². The van der Waals surface area contributed by atoms with Gasteiger partial charge in [-0.25, -0.2) is 0 Å². The number of aliphatic imine (C=N–C) groups is 1. The Morgan fingerprint density at radius 3 is 2.00 bits per heavy atom. The third-order valence-electron chi connectivity index (χ3n) is 3.25. The molecule has 1 N–H and O–H groups in total. The molecule has 1 atom stereocenters. The van der Waals surface area contributed by atoms with E-state index in [1.165, 1.54) is 24.3 Å². The average Bonchev–Trinajstić information content (AvgIpc) is 2.55. The largest absolute Gasteiger partial charge is 0.382 e. The molecule has 0 heterocycles. The van der Waals surface area contributed by atoms with E-state index in [2.05, 4.69) is 10.3 Å². The number of nitrogens with zero attached hydrogens (tertiary/aromatic N) is 3. The second-order valence-electron chi connectivity index (χ2n) is 5.17. The minimum Gasteiger partial charge on any atom is -0.382 e. The Hall–Kier alpha value is -3.29. The van der Waals surface area contributed by atoms with Gasteiger partial charge in [-0.1, -0.05) is 0 Å². The quantitative estimate of drug-likeness (QED) is 0.467. The summed E-state index contributed by atoms with van der Waals surface area (Å²) in [6, 6.07) is 12.3. The maximum absolute atomic E-state index is 10.6. The number of hydrogen-bond donors (Lipinski definition) is 1. The second kappa shape index (κ2) is 7.82. The number of hydrogen-bond acceptors (Lipinski definition) is 6. The smallest absolute Gasteiger partial charge is 0.269 e. The maximum atomic E-state index is 10.6. The van der Waals surface area contributed by atoms with Crippen molar-refractivity contribution in [1.82, 2.24) is 0 Å². The number of nitro benzene ring substituents is 2. The van der Waals surface area contributed by atoms with Gasteiger partial charge >= 0.3 is 0 Å². The Morgan fingerprint density at radius 1 is 1.00 bits per heavy atom. The zero-order valence-corrected chi connectivity index (χ0v) is 13.0. The first kappa shape index (κ1) is 17.1. The lowest BCUT2D eigenvalue weighted by molar-refractivity contribution is -0.385. The van der Waals surface area contributed by atoms with Crippen molar-refractivity contribution in [1.29, 1.82) is 0 Å². The number of anilines is 1. The van der Waals surface area contributed by atoms with Gasteiger partial charge in [0.15, 0.2) is 0 Å². The van der Waals surface area contributed by atoms with Gasteiger partial charge in [-0.3, -0.25) is 25.2 Å². The zero-order valence-electron chi connectivity index (χ0n) is 13.0. The van der Waals surface area contributed by atoms with Crippen LogP contribution in [0.1, 0.15) is 13.3 Å². The molecule has 0 spiro atoms. The summed E-state index contributed by atoms with van der Waals surface area (Å²) in [5, 5.41) is 24.4. The second-order valence-corrected chi connectivity index (χ2v) is 5.17. The Kier molecular flexibility index (Phi) is 5.56. The van der Waals surface area contributed by atoms with Gasteiger partial charge in [0.25, 0.3) is 11.4 Å². The van der Waals surface area contributed by atoms with Gasteiger partial charge in [0.1, 0.15) is 0 Å². The van der Waals surface area contributed by atoms with Crippen LogP contribution in [0.25, 0.3) is 0 Å². The summed E-state index contributed by atoms with van der Waals surface area (Å²) < 4.78 is 0. The SMILES string of the molecule is CC(CC=Nc1ccc([N+](=O)[O-])cc1)Nc1ccc([N+](=O)[O-])cc1. The molecule has 0 aliphatic heterocycles. The molecule has 2 aromatic rings. The van der Waals surface area contributed by atoms with Crippen LogP contribution in [-0.4, -0.2) is 22.1 Å². The first-order chi connectivity index (χ1) is 11.5. The van der Waals surface area contributed by atoms with Gasteiger partial charge in [0, 0.05) is 48.6 Å². The van der Waals surface area contributed by atoms with E-state index in [0.717, 1.165) is 5.69 Å². The number of rotatable bonds is 7. The summed E-state index contributed by atoms with van der Waals surface area (Å²) in [7, 11) is 0. The van der Waals surface area contributed by atoms with Crippen LogP contribution in [0, 0.1) is 20.2 Å². The topological polar surface area (TPSA) is 111 Å². The molecule has 1 unspecified atom stereocenters. The van der Waals surface area contributed by atoms with Crippen molar-refractivity contribution in [2.24, 2.45) is 4.99 Å². The number of nitrogens with one attached hydrogen (secondary N) is 1. The van der Waals surface area contributed by atoms with Gasteiger partial charge in [-0.15, -0.1) is 0 Å². The summed E-state index contributed by atoms with van der Waals surface area (Å²) in [6.45, 7) is 1.96. The third kappa shape index (κ3) is 4.87. The van der Waals surface area contributed by atoms with Crippen molar-refractivity contribution in [3.63, 3.8) is 0 Å². The first-order valence-electron chi connectivity index (χ1n) is 7.23. The fourth-order valence-electron chi connectivity index (χ4n) is 2.00. The molecule has 8 nitrogen and oxygen atoms in total. The normalized spacial score (nSPS) is 12.0. The van der Waals surface area contributed by atoms with Crippen LogP contribution in [0.2, 0.25) is 0 Å². The van der Waals surface area contributed by atoms with Crippen molar-refractivity contribution >= 4 is 29.0 Å². The Morgan fingerprint density at radius 2 is 1.50 bits per heavy atom. The molecule has 0 fully saturated rings. The van der Waals surface area contributed by atoms with Crippen LogP contribution in [0.15, 0.2) is 53.5 Å². The lowest BCUT2D eigenvalue weighted by Crippen LogP contribution is -2.15. The molecule has 2 rings (SSSR count). The van der Waals surface area contributed by atoms with Gasteiger partial charge in [-0.2, -0.15) is 0 Å². The zero-order chi connectivity index (χ0) is 17.5. The summed E-state index contributed by atoms with van der Waals surface area (Å²) in [5.74, 6) is 0. The van der Waals surface area contributed by atoms with Crippen LogP contribution in [-0.2, 0) is 0 Å². The van der Waals surface area contributed by atoms with Crippen LogP contribution in [0.3, 0.4) is 0 Å². The lowest BCUT2D eigenvalue weighted by atomic mass is 10.2. The molecular weight excluding hydrogens is 312 g/mol. The Bertz CT molecular complexity index is 742. The molecular formula is C16H16N4O4. The van der Waals surface area contributed by atoms with Crippen molar-refractivity contribution < 1.29 is 9.85 Å². The molecule has 24 heavy (non-hydrogen) atoms. The van der Waals surface area contributed by atoms with Gasteiger partial charge in [0.05, 0.1) is 15.5 Å². The summed E-state index contributed by atoms with van der Waals surface area (Å²) in [4.78, 5) is 24.5. The van der Waals surface area contributed by atoms with Crippen LogP contribution >= 0.6 is 0 Å². The van der Waals surface area contributed by atoms with E-state index in [4.69, 9.17) is 0 Å². The van der Waals surface area contributed by atoms with Crippen molar-refractivity contribution in [3.8, 4) is 0 Å². The van der Waals surface area contributed by atoms with E-state index in [-0.39, 0.29) is 17.4 Å². The third-order valence-corrected chi connectivity index (χ3v) is 3.25. The van der Waals surface area contributed by atoms with Crippen molar-refractivity contribution in [3.05, 3.63) is 68.8 Å². The van der Waals surface area contributed by atoms with E-state index in [9.17, 15) is 20.2 Å². The minimum absolute atomic E-state index is 0.0298. The Balaban J connectivity index is 1.86. The average molecular weight is 328 g/mol. The van der Waals surface area contributed by atoms with Gasteiger partial charge < -0.3 is 5.32 Å². The van der Waals surface area contributed by atoms with Crippen molar-refractivity contribution in [2.45, 2.75) is 19.4 Å². The van der Waals surface area contributed by atoms with E-state index >= 15 is 0 Å². The molecule has 0 aromatic heterocycles. The first-order valence-corrected chi connectivity index (χ1v) is 7.23. The summed E-state index contributed by atoms with van der Waals surface area (Å²) in [6.07, 6.45) is 2.36.